The number of pyridine rings is 1. The maximum absolute atomic E-state index is 11.8. The van der Waals surface area contributed by atoms with Gasteiger partial charge in [-0.2, -0.15) is 0 Å². The van der Waals surface area contributed by atoms with Crippen LogP contribution in [0, 0.1) is 6.92 Å². The highest BCUT2D eigenvalue weighted by Crippen LogP contribution is 2.09. The van der Waals surface area contributed by atoms with Gasteiger partial charge < -0.3 is 9.58 Å². The number of aromatic nitrogens is 1. The van der Waals surface area contributed by atoms with Gasteiger partial charge in [-0.1, -0.05) is 18.2 Å². The largest absolute Gasteiger partial charge is 0.318 e. The van der Waals surface area contributed by atoms with E-state index in [1.807, 2.05) is 55.4 Å². The summed E-state index contributed by atoms with van der Waals surface area (Å²) in [5, 5.41) is 1.96. The first kappa shape index (κ1) is 13.4. The van der Waals surface area contributed by atoms with Crippen LogP contribution in [0.2, 0.25) is 0 Å². The first-order valence-electron chi connectivity index (χ1n) is 6.27. The van der Waals surface area contributed by atoms with Gasteiger partial charge in [-0.3, -0.25) is 4.79 Å². The van der Waals surface area contributed by atoms with E-state index < -0.39 is 0 Å². The zero-order valence-corrected chi connectivity index (χ0v) is 11.6. The molecule has 0 saturated carbocycles. The van der Waals surface area contributed by atoms with Crippen LogP contribution in [-0.4, -0.2) is 11.6 Å². The average molecular weight is 257 g/mol. The number of nitrogens with zero attached hydrogens (tertiary/aromatic N) is 2. The number of hydrogen-bond acceptors (Lipinski definition) is 3. The summed E-state index contributed by atoms with van der Waals surface area (Å²) in [5.74, 6) is 0. The lowest BCUT2D eigenvalue weighted by molar-refractivity contribution is 0.671. The molecular formula is C15H19N3O. The number of benzene rings is 1. The minimum absolute atomic E-state index is 0.0571. The van der Waals surface area contributed by atoms with Crippen LogP contribution in [0.3, 0.4) is 0 Å². The van der Waals surface area contributed by atoms with Crippen LogP contribution < -0.4 is 16.0 Å². The number of rotatable bonds is 4. The molecule has 1 aromatic heterocycles. The van der Waals surface area contributed by atoms with E-state index >= 15 is 0 Å². The normalized spacial score (nSPS) is 10.5. The highest BCUT2D eigenvalue weighted by atomic mass is 16.1. The summed E-state index contributed by atoms with van der Waals surface area (Å²) in [6, 6.07) is 12.0. The van der Waals surface area contributed by atoms with Gasteiger partial charge in [-0.05, 0) is 30.7 Å². The van der Waals surface area contributed by atoms with Crippen LogP contribution >= 0.6 is 0 Å². The number of para-hydroxylation sites is 1. The minimum Gasteiger partial charge on any atom is -0.318 e. The second-order valence-corrected chi connectivity index (χ2v) is 4.61. The van der Waals surface area contributed by atoms with E-state index in [0.29, 0.717) is 6.54 Å². The number of aryl methyl sites for hydroxylation is 1. The van der Waals surface area contributed by atoms with Crippen molar-refractivity contribution >= 4 is 5.69 Å². The third-order valence-corrected chi connectivity index (χ3v) is 3.27. The summed E-state index contributed by atoms with van der Waals surface area (Å²) in [6.45, 7) is 2.50. The van der Waals surface area contributed by atoms with E-state index in [1.165, 1.54) is 0 Å². The fourth-order valence-electron chi connectivity index (χ4n) is 1.93. The van der Waals surface area contributed by atoms with Gasteiger partial charge in [0.2, 0.25) is 0 Å². The molecule has 0 saturated heterocycles. The summed E-state index contributed by atoms with van der Waals surface area (Å²) in [4.78, 5) is 11.8. The monoisotopic (exact) mass is 257 g/mol. The Bertz CT molecular complexity index is 605. The second-order valence-electron chi connectivity index (χ2n) is 4.61. The molecule has 2 aromatic rings. The maximum atomic E-state index is 11.8. The predicted octanol–water partition coefficient (Wildman–Crippen LogP) is 1.83. The molecule has 1 aromatic carbocycles. The van der Waals surface area contributed by atoms with E-state index in [9.17, 15) is 4.79 Å². The molecule has 2 rings (SSSR count). The smallest absolute Gasteiger partial charge is 0.253 e. The Labute approximate surface area is 113 Å². The van der Waals surface area contributed by atoms with Crippen LogP contribution in [0.5, 0.6) is 0 Å². The van der Waals surface area contributed by atoms with Crippen LogP contribution in [0.1, 0.15) is 11.1 Å². The summed E-state index contributed by atoms with van der Waals surface area (Å²) >= 11 is 0. The molecule has 0 amide bonds. The van der Waals surface area contributed by atoms with Gasteiger partial charge in [0.1, 0.15) is 0 Å². The zero-order chi connectivity index (χ0) is 13.8. The van der Waals surface area contributed by atoms with Crippen molar-refractivity contribution in [3.63, 3.8) is 0 Å². The highest BCUT2D eigenvalue weighted by Gasteiger charge is 2.05. The van der Waals surface area contributed by atoms with E-state index in [-0.39, 0.29) is 5.56 Å². The lowest BCUT2D eigenvalue weighted by Crippen LogP contribution is -2.34. The van der Waals surface area contributed by atoms with Crippen molar-refractivity contribution in [3.05, 3.63) is 64.1 Å². The van der Waals surface area contributed by atoms with Gasteiger partial charge in [0.15, 0.2) is 0 Å². The Morgan fingerprint density at radius 1 is 1.21 bits per heavy atom. The minimum atomic E-state index is 0.0571. The van der Waals surface area contributed by atoms with Crippen molar-refractivity contribution in [2.45, 2.75) is 13.5 Å². The second kappa shape index (κ2) is 5.71. The molecule has 1 heterocycles. The summed E-state index contributed by atoms with van der Waals surface area (Å²) < 4.78 is 1.60. The summed E-state index contributed by atoms with van der Waals surface area (Å²) in [7, 11) is 3.73. The Kier molecular flexibility index (Phi) is 4.02. The van der Waals surface area contributed by atoms with E-state index in [1.54, 1.807) is 17.8 Å². The standard InChI is InChI=1S/C15H19N3O/c1-12-13(9-10-17(2)15(12)19)11-16-18(3)14-7-5-4-6-8-14/h4-10,16H,11H2,1-3H3. The molecule has 0 spiro atoms. The number of hydrazine groups is 1. The van der Waals surface area contributed by atoms with Gasteiger partial charge in [0.25, 0.3) is 5.56 Å². The Hall–Kier alpha value is -2.07. The molecular weight excluding hydrogens is 238 g/mol. The van der Waals surface area contributed by atoms with Gasteiger partial charge in [-0.15, -0.1) is 0 Å². The lowest BCUT2D eigenvalue weighted by Gasteiger charge is -2.21. The molecule has 0 aliphatic carbocycles. The lowest BCUT2D eigenvalue weighted by atomic mass is 10.1. The zero-order valence-electron chi connectivity index (χ0n) is 11.6. The quantitative estimate of drug-likeness (QED) is 0.849. The molecule has 19 heavy (non-hydrogen) atoms. The SMILES string of the molecule is Cc1c(CNN(C)c2ccccc2)ccn(C)c1=O. The molecule has 0 unspecified atom stereocenters. The topological polar surface area (TPSA) is 37.3 Å². The van der Waals surface area contributed by atoms with Crippen molar-refractivity contribution in [2.24, 2.45) is 7.05 Å². The molecule has 0 atom stereocenters. The third-order valence-electron chi connectivity index (χ3n) is 3.27. The van der Waals surface area contributed by atoms with Crippen molar-refractivity contribution in [1.29, 1.82) is 0 Å². The van der Waals surface area contributed by atoms with Crippen LogP contribution in [0.25, 0.3) is 0 Å². The molecule has 0 aliphatic rings. The van der Waals surface area contributed by atoms with Crippen LogP contribution in [-0.2, 0) is 13.6 Å². The third kappa shape index (κ3) is 3.03. The molecule has 4 nitrogen and oxygen atoms in total. The molecule has 4 heteroatoms. The predicted molar refractivity (Wildman–Crippen MR) is 78.1 cm³/mol. The molecule has 0 radical (unpaired) electrons. The molecule has 0 fully saturated rings. The molecule has 0 aliphatic heterocycles. The summed E-state index contributed by atoms with van der Waals surface area (Å²) in [5.41, 5.74) is 6.24. The number of hydrogen-bond donors (Lipinski definition) is 1. The van der Waals surface area contributed by atoms with E-state index in [0.717, 1.165) is 16.8 Å². The van der Waals surface area contributed by atoms with Crippen molar-refractivity contribution in [1.82, 2.24) is 9.99 Å². The van der Waals surface area contributed by atoms with Gasteiger partial charge >= 0.3 is 0 Å². The van der Waals surface area contributed by atoms with Gasteiger partial charge in [0.05, 0.1) is 5.69 Å². The van der Waals surface area contributed by atoms with E-state index in [2.05, 4.69) is 5.43 Å². The first-order chi connectivity index (χ1) is 9.09. The van der Waals surface area contributed by atoms with E-state index in [4.69, 9.17) is 0 Å². The summed E-state index contributed by atoms with van der Waals surface area (Å²) in [6.07, 6.45) is 1.80. The Balaban J connectivity index is 2.08. The fraction of sp³-hybridized carbons (Fsp3) is 0.267. The van der Waals surface area contributed by atoms with Crippen LogP contribution in [0.4, 0.5) is 5.69 Å². The molecule has 100 valence electrons. The Morgan fingerprint density at radius 2 is 1.89 bits per heavy atom. The fourth-order valence-corrected chi connectivity index (χ4v) is 1.93. The first-order valence-corrected chi connectivity index (χ1v) is 6.27. The highest BCUT2D eigenvalue weighted by molar-refractivity contribution is 5.43. The van der Waals surface area contributed by atoms with Gasteiger partial charge in [0, 0.05) is 32.4 Å². The van der Waals surface area contributed by atoms with Crippen molar-refractivity contribution in [3.8, 4) is 0 Å². The number of anilines is 1. The molecule has 0 bridgehead atoms. The molecule has 1 N–H and O–H groups in total. The van der Waals surface area contributed by atoms with Crippen molar-refractivity contribution in [2.75, 3.05) is 12.1 Å². The van der Waals surface area contributed by atoms with Crippen LogP contribution in [0.15, 0.2) is 47.4 Å². The Morgan fingerprint density at radius 3 is 2.58 bits per heavy atom. The van der Waals surface area contributed by atoms with Gasteiger partial charge in [-0.25, -0.2) is 5.43 Å². The number of nitrogens with one attached hydrogen (secondary N) is 1. The average Bonchev–Trinajstić information content (AvgIpc) is 2.45. The maximum Gasteiger partial charge on any atom is 0.253 e. The van der Waals surface area contributed by atoms with Crippen molar-refractivity contribution < 1.29 is 0 Å².